The van der Waals surface area contributed by atoms with Crippen molar-refractivity contribution >= 4 is 32.6 Å². The molecule has 3 aromatic carbocycles. The summed E-state index contributed by atoms with van der Waals surface area (Å²) in [4.78, 5) is 13.1. The number of nitrogens with zero attached hydrogens (tertiary/aromatic N) is 1. The van der Waals surface area contributed by atoms with E-state index in [0.29, 0.717) is 45.7 Å². The molecule has 0 aliphatic heterocycles. The summed E-state index contributed by atoms with van der Waals surface area (Å²) in [5.74, 6) is -0.311. The molecular formula is C33H35FN2O5S. The predicted molar refractivity (Wildman–Crippen MR) is 164 cm³/mol. The number of rotatable bonds is 12. The maximum atomic E-state index is 13.8. The Morgan fingerprint density at radius 2 is 1.81 bits per heavy atom. The third-order valence-electron chi connectivity index (χ3n) is 7.37. The second-order valence-corrected chi connectivity index (χ2v) is 13.3. The van der Waals surface area contributed by atoms with Crippen molar-refractivity contribution in [2.45, 2.75) is 44.5 Å². The number of fused-ring (bicyclic) bond motifs is 1. The molecule has 0 radical (unpaired) electrons. The maximum Gasteiger partial charge on any atom is 0.255 e. The van der Waals surface area contributed by atoms with Gasteiger partial charge in [-0.2, -0.15) is 0 Å². The van der Waals surface area contributed by atoms with Gasteiger partial charge in [-0.3, -0.25) is 9.10 Å². The monoisotopic (exact) mass is 590 g/mol. The smallest absolute Gasteiger partial charge is 0.255 e. The lowest BCUT2D eigenvalue weighted by atomic mass is 10.0. The Balaban J connectivity index is 1.57. The van der Waals surface area contributed by atoms with Crippen molar-refractivity contribution < 1.29 is 26.8 Å². The number of anilines is 1. The van der Waals surface area contributed by atoms with Crippen molar-refractivity contribution in [1.82, 2.24) is 5.32 Å². The zero-order valence-corrected chi connectivity index (χ0v) is 24.8. The summed E-state index contributed by atoms with van der Waals surface area (Å²) in [6.45, 7) is 8.05. The maximum absolute atomic E-state index is 13.8. The molecule has 220 valence electrons. The van der Waals surface area contributed by atoms with Gasteiger partial charge in [0.25, 0.3) is 5.91 Å². The Morgan fingerprint density at radius 3 is 2.43 bits per heavy atom. The average molecular weight is 591 g/mol. The molecule has 7 nitrogen and oxygen atoms in total. The minimum atomic E-state index is -3.79. The highest BCUT2D eigenvalue weighted by Crippen LogP contribution is 2.48. The van der Waals surface area contributed by atoms with Gasteiger partial charge in [0.05, 0.1) is 36.3 Å². The molecule has 1 saturated carbocycles. The van der Waals surface area contributed by atoms with Gasteiger partial charge in [0.1, 0.15) is 17.2 Å². The Hall–Kier alpha value is -3.95. The molecule has 5 rings (SSSR count). The van der Waals surface area contributed by atoms with Crippen LogP contribution in [0.5, 0.6) is 0 Å². The number of furan rings is 1. The number of amides is 1. The largest absolute Gasteiger partial charge is 0.455 e. The predicted octanol–water partition coefficient (Wildman–Crippen LogP) is 6.79. The first-order valence-electron chi connectivity index (χ1n) is 14.0. The minimum absolute atomic E-state index is 0.0361. The number of hydrogen-bond acceptors (Lipinski definition) is 5. The fourth-order valence-corrected chi connectivity index (χ4v) is 6.25. The standard InChI is InChI=1S/C33H35FN2O5S/c1-21(2)42(38,39)36(18-22(3)19-40-20-23-8-6-5-7-9-23)29-17-30-28(16-27(29)24-10-11-24)31(33(37)35-4)32(41-30)25-12-14-26(34)15-13-25/h5-9,12-17,21,24H,3,10-11,18-20H2,1-2,4H3,(H,35,37). The van der Waals surface area contributed by atoms with Crippen molar-refractivity contribution in [2.75, 3.05) is 24.5 Å². The van der Waals surface area contributed by atoms with Crippen LogP contribution in [0.1, 0.15) is 54.1 Å². The fraction of sp³-hybridized carbons (Fsp3) is 0.303. The highest BCUT2D eigenvalue weighted by atomic mass is 32.2. The van der Waals surface area contributed by atoms with E-state index < -0.39 is 21.1 Å². The van der Waals surface area contributed by atoms with Crippen LogP contribution in [0.3, 0.4) is 0 Å². The first-order valence-corrected chi connectivity index (χ1v) is 15.5. The summed E-state index contributed by atoms with van der Waals surface area (Å²) in [5, 5.41) is 2.56. The van der Waals surface area contributed by atoms with Crippen LogP contribution in [0, 0.1) is 5.82 Å². The molecule has 1 aliphatic carbocycles. The lowest BCUT2D eigenvalue weighted by Crippen LogP contribution is -2.38. The number of ether oxygens (including phenoxy) is 1. The molecule has 0 unspecified atom stereocenters. The SMILES string of the molecule is C=C(COCc1ccccc1)CN(c1cc2oc(-c3ccc(F)cc3)c(C(=O)NC)c2cc1C1CC1)S(=O)(=O)C(C)C. The molecule has 1 aliphatic rings. The number of nitrogens with one attached hydrogen (secondary N) is 1. The van der Waals surface area contributed by atoms with Gasteiger partial charge in [-0.05, 0) is 79.6 Å². The van der Waals surface area contributed by atoms with Gasteiger partial charge < -0.3 is 14.5 Å². The van der Waals surface area contributed by atoms with E-state index in [4.69, 9.17) is 9.15 Å². The lowest BCUT2D eigenvalue weighted by Gasteiger charge is -2.29. The molecule has 0 bridgehead atoms. The third-order valence-corrected chi connectivity index (χ3v) is 9.50. The first kappa shape index (κ1) is 29.5. The Bertz CT molecular complexity index is 1710. The van der Waals surface area contributed by atoms with E-state index in [1.54, 1.807) is 32.0 Å². The first-order chi connectivity index (χ1) is 20.1. The molecule has 1 N–H and O–H groups in total. The molecule has 42 heavy (non-hydrogen) atoms. The summed E-state index contributed by atoms with van der Waals surface area (Å²) >= 11 is 0. The molecule has 9 heteroatoms. The van der Waals surface area contributed by atoms with Gasteiger partial charge in [-0.25, -0.2) is 12.8 Å². The quantitative estimate of drug-likeness (QED) is 0.184. The zero-order valence-electron chi connectivity index (χ0n) is 24.0. The van der Waals surface area contributed by atoms with Crippen molar-refractivity contribution in [1.29, 1.82) is 0 Å². The highest BCUT2D eigenvalue weighted by molar-refractivity contribution is 7.93. The molecule has 1 aromatic heterocycles. The van der Waals surface area contributed by atoms with E-state index in [9.17, 15) is 17.6 Å². The number of hydrogen-bond donors (Lipinski definition) is 1. The molecular weight excluding hydrogens is 555 g/mol. The molecule has 1 amide bonds. The van der Waals surface area contributed by atoms with Crippen LogP contribution in [0.25, 0.3) is 22.3 Å². The van der Waals surface area contributed by atoms with Crippen LogP contribution in [-0.4, -0.2) is 39.8 Å². The van der Waals surface area contributed by atoms with Crippen molar-refractivity contribution in [3.8, 4) is 11.3 Å². The summed E-state index contributed by atoms with van der Waals surface area (Å²) < 4.78 is 54.7. The van der Waals surface area contributed by atoms with Gasteiger partial charge in [0.2, 0.25) is 10.0 Å². The van der Waals surface area contributed by atoms with E-state index >= 15 is 0 Å². The molecule has 4 aromatic rings. The molecule has 0 spiro atoms. The Kier molecular flexibility index (Phi) is 8.52. The van der Waals surface area contributed by atoms with E-state index in [1.165, 1.54) is 23.5 Å². The fourth-order valence-electron chi connectivity index (χ4n) is 4.94. The van der Waals surface area contributed by atoms with Crippen LogP contribution >= 0.6 is 0 Å². The van der Waals surface area contributed by atoms with Crippen LogP contribution in [0.2, 0.25) is 0 Å². The van der Waals surface area contributed by atoms with Crippen LogP contribution in [0.15, 0.2) is 83.3 Å². The van der Waals surface area contributed by atoms with E-state index in [1.807, 2.05) is 36.4 Å². The van der Waals surface area contributed by atoms with Crippen molar-refractivity contribution in [3.63, 3.8) is 0 Å². The van der Waals surface area contributed by atoms with E-state index in [0.717, 1.165) is 24.0 Å². The van der Waals surface area contributed by atoms with Gasteiger partial charge in [0, 0.05) is 24.1 Å². The molecule has 0 atom stereocenters. The third kappa shape index (κ3) is 6.12. The zero-order chi connectivity index (χ0) is 30.0. The number of benzene rings is 3. The summed E-state index contributed by atoms with van der Waals surface area (Å²) in [6, 6.07) is 19.0. The van der Waals surface area contributed by atoms with E-state index in [-0.39, 0.29) is 25.0 Å². The molecule has 0 saturated heterocycles. The van der Waals surface area contributed by atoms with Gasteiger partial charge >= 0.3 is 0 Å². The average Bonchev–Trinajstić information content (AvgIpc) is 3.76. The summed E-state index contributed by atoms with van der Waals surface area (Å²) in [6.07, 6.45) is 1.82. The summed E-state index contributed by atoms with van der Waals surface area (Å²) in [7, 11) is -2.25. The number of carbonyl (C=O) groups excluding carboxylic acids is 1. The number of sulfonamides is 1. The number of halogens is 1. The Morgan fingerprint density at radius 1 is 1.12 bits per heavy atom. The van der Waals surface area contributed by atoms with Crippen molar-refractivity contribution in [2.24, 2.45) is 0 Å². The molecule has 1 heterocycles. The summed E-state index contributed by atoms with van der Waals surface area (Å²) in [5.41, 5.74) is 4.19. The van der Waals surface area contributed by atoms with E-state index in [2.05, 4.69) is 11.9 Å². The van der Waals surface area contributed by atoms with Crippen LogP contribution in [0.4, 0.5) is 10.1 Å². The topological polar surface area (TPSA) is 88.8 Å². The Labute approximate surface area is 246 Å². The lowest BCUT2D eigenvalue weighted by molar-refractivity contribution is 0.0964. The second-order valence-electron chi connectivity index (χ2n) is 10.9. The van der Waals surface area contributed by atoms with Gasteiger partial charge in [-0.1, -0.05) is 36.9 Å². The minimum Gasteiger partial charge on any atom is -0.455 e. The number of carbonyl (C=O) groups is 1. The second kappa shape index (κ2) is 12.1. The van der Waals surface area contributed by atoms with Gasteiger partial charge in [0.15, 0.2) is 0 Å². The van der Waals surface area contributed by atoms with Crippen molar-refractivity contribution in [3.05, 3.63) is 101 Å². The molecule has 1 fully saturated rings. The van der Waals surface area contributed by atoms with Gasteiger partial charge in [-0.15, -0.1) is 0 Å². The normalized spacial score (nSPS) is 13.5. The highest BCUT2D eigenvalue weighted by Gasteiger charge is 2.35. The van der Waals surface area contributed by atoms with Crippen LogP contribution in [-0.2, 0) is 21.4 Å². The van der Waals surface area contributed by atoms with Crippen LogP contribution < -0.4 is 9.62 Å².